The van der Waals surface area contributed by atoms with Crippen molar-refractivity contribution in [1.82, 2.24) is 15.0 Å². The maximum absolute atomic E-state index is 13.6. The van der Waals surface area contributed by atoms with Crippen molar-refractivity contribution in [2.45, 2.75) is 37.6 Å². The number of urea groups is 1. The van der Waals surface area contributed by atoms with Crippen molar-refractivity contribution >= 4 is 38.6 Å². The molecule has 0 radical (unpaired) electrons. The van der Waals surface area contributed by atoms with Crippen LogP contribution in [0.25, 0.3) is 10.9 Å². The van der Waals surface area contributed by atoms with Crippen molar-refractivity contribution in [3.8, 4) is 0 Å². The number of anilines is 1. The molecular formula is C29H34N4O4S. The zero-order valence-corrected chi connectivity index (χ0v) is 22.3. The lowest BCUT2D eigenvalue weighted by Crippen LogP contribution is -2.51. The standard InChI is InChI=1S/C29H30N4O4S.2H2/c1-20-9-7-8-12-27(20)38(36,37)32-29(35)31-26(17-14-22-10-5-4-6-11-22)28(34)33(3)24-16-18-25-23(19-24)15-13-21(2)30-25;;/h4-13,15-16,18-19,26H,14,17H2,1-3H3,(H2,31,32,35);2*1H/t26-;;/m0../s1. The van der Waals surface area contributed by atoms with Crippen LogP contribution in [0.5, 0.6) is 0 Å². The predicted molar refractivity (Wildman–Crippen MR) is 153 cm³/mol. The normalized spacial score (nSPS) is 12.1. The van der Waals surface area contributed by atoms with Crippen LogP contribution in [0.3, 0.4) is 0 Å². The van der Waals surface area contributed by atoms with E-state index in [1.54, 1.807) is 38.2 Å². The summed E-state index contributed by atoms with van der Waals surface area (Å²) >= 11 is 0. The van der Waals surface area contributed by atoms with Gasteiger partial charge in [0.15, 0.2) is 0 Å². The molecular weight excluding hydrogens is 500 g/mol. The molecule has 200 valence electrons. The number of benzene rings is 3. The number of likely N-dealkylation sites (N-methyl/N-ethyl adjacent to an activating group) is 1. The summed E-state index contributed by atoms with van der Waals surface area (Å²) in [6.45, 7) is 3.56. The molecule has 1 heterocycles. The SMILES string of the molecule is Cc1ccc2cc(N(C)C(=O)[C@H](CCc3ccccc3)NC(=O)NS(=O)(=O)c3ccccc3C)ccc2n1.[HH].[HH]. The van der Waals surface area contributed by atoms with Gasteiger partial charge in [-0.25, -0.2) is 17.9 Å². The number of carbonyl (C=O) groups is 2. The van der Waals surface area contributed by atoms with E-state index in [2.05, 4.69) is 10.3 Å². The molecule has 2 N–H and O–H groups in total. The minimum absolute atomic E-state index is 0. The second-order valence-corrected chi connectivity index (χ2v) is 10.8. The minimum atomic E-state index is -4.12. The molecule has 0 aliphatic rings. The maximum Gasteiger partial charge on any atom is 0.329 e. The number of hydrogen-bond donors (Lipinski definition) is 2. The molecule has 0 saturated carbocycles. The Morgan fingerprint density at radius 2 is 1.66 bits per heavy atom. The third-order valence-electron chi connectivity index (χ3n) is 6.31. The summed E-state index contributed by atoms with van der Waals surface area (Å²) in [5.74, 6) is -0.371. The highest BCUT2D eigenvalue weighted by atomic mass is 32.2. The minimum Gasteiger partial charge on any atom is -0.325 e. The molecule has 0 saturated heterocycles. The van der Waals surface area contributed by atoms with Gasteiger partial charge in [-0.05, 0) is 68.1 Å². The summed E-state index contributed by atoms with van der Waals surface area (Å²) in [6, 6.07) is 23.3. The van der Waals surface area contributed by atoms with Crippen molar-refractivity contribution in [3.63, 3.8) is 0 Å². The van der Waals surface area contributed by atoms with Crippen LogP contribution in [0.2, 0.25) is 0 Å². The largest absolute Gasteiger partial charge is 0.329 e. The second kappa shape index (κ2) is 11.4. The van der Waals surface area contributed by atoms with Gasteiger partial charge in [-0.3, -0.25) is 9.78 Å². The van der Waals surface area contributed by atoms with Crippen molar-refractivity contribution in [2.24, 2.45) is 0 Å². The number of sulfonamides is 1. The van der Waals surface area contributed by atoms with Gasteiger partial charge in [-0.15, -0.1) is 0 Å². The molecule has 0 aliphatic carbocycles. The molecule has 1 atom stereocenters. The number of nitrogens with one attached hydrogen (secondary N) is 2. The number of amides is 3. The van der Waals surface area contributed by atoms with Gasteiger partial charge in [-0.2, -0.15) is 0 Å². The molecule has 38 heavy (non-hydrogen) atoms. The highest BCUT2D eigenvalue weighted by molar-refractivity contribution is 7.90. The Labute approximate surface area is 225 Å². The molecule has 0 bridgehead atoms. The lowest BCUT2D eigenvalue weighted by Gasteiger charge is -2.25. The zero-order chi connectivity index (χ0) is 27.3. The molecule has 4 aromatic rings. The number of nitrogens with zero attached hydrogens (tertiary/aromatic N) is 2. The fraction of sp³-hybridized carbons (Fsp3) is 0.207. The lowest BCUT2D eigenvalue weighted by atomic mass is 10.0. The quantitative estimate of drug-likeness (QED) is 0.331. The van der Waals surface area contributed by atoms with E-state index in [1.807, 2.05) is 66.2 Å². The zero-order valence-electron chi connectivity index (χ0n) is 21.5. The summed E-state index contributed by atoms with van der Waals surface area (Å²) in [4.78, 5) is 32.4. The fourth-order valence-electron chi connectivity index (χ4n) is 4.22. The van der Waals surface area contributed by atoms with E-state index in [9.17, 15) is 18.0 Å². The molecule has 0 aliphatic heterocycles. The lowest BCUT2D eigenvalue weighted by molar-refractivity contribution is -0.120. The summed E-state index contributed by atoms with van der Waals surface area (Å²) < 4.78 is 27.7. The van der Waals surface area contributed by atoms with E-state index >= 15 is 0 Å². The highest BCUT2D eigenvalue weighted by Gasteiger charge is 2.27. The molecule has 0 fully saturated rings. The van der Waals surface area contributed by atoms with E-state index in [0.717, 1.165) is 22.2 Å². The number of fused-ring (bicyclic) bond motifs is 1. The molecule has 4 rings (SSSR count). The first kappa shape index (κ1) is 26.8. The fourth-order valence-corrected chi connectivity index (χ4v) is 5.38. The molecule has 8 nitrogen and oxygen atoms in total. The van der Waals surface area contributed by atoms with Crippen LogP contribution < -0.4 is 14.9 Å². The number of aromatic nitrogens is 1. The Hall–Kier alpha value is -4.24. The Morgan fingerprint density at radius 1 is 0.947 bits per heavy atom. The molecule has 0 unspecified atom stereocenters. The Morgan fingerprint density at radius 3 is 2.39 bits per heavy atom. The van der Waals surface area contributed by atoms with E-state index in [0.29, 0.717) is 17.7 Å². The van der Waals surface area contributed by atoms with Crippen LogP contribution in [0, 0.1) is 13.8 Å². The number of rotatable bonds is 8. The van der Waals surface area contributed by atoms with Gasteiger partial charge in [0.05, 0.1) is 10.4 Å². The number of carbonyl (C=O) groups excluding carboxylic acids is 2. The first-order valence-corrected chi connectivity index (χ1v) is 13.7. The summed E-state index contributed by atoms with van der Waals surface area (Å²) in [5, 5.41) is 3.47. The van der Waals surface area contributed by atoms with Crippen LogP contribution >= 0.6 is 0 Å². The first-order chi connectivity index (χ1) is 18.1. The summed E-state index contributed by atoms with van der Waals surface area (Å²) in [7, 11) is -2.49. The first-order valence-electron chi connectivity index (χ1n) is 12.2. The third kappa shape index (κ3) is 6.36. The van der Waals surface area contributed by atoms with E-state index in [4.69, 9.17) is 0 Å². The monoisotopic (exact) mass is 534 g/mol. The van der Waals surface area contributed by atoms with Gasteiger partial charge in [0.2, 0.25) is 5.91 Å². The topological polar surface area (TPSA) is 108 Å². The van der Waals surface area contributed by atoms with Crippen molar-refractivity contribution < 1.29 is 20.9 Å². The number of aryl methyl sites for hydroxylation is 3. The van der Waals surface area contributed by atoms with E-state index < -0.39 is 22.1 Å². The summed E-state index contributed by atoms with van der Waals surface area (Å²) in [5.41, 5.74) is 3.84. The van der Waals surface area contributed by atoms with Gasteiger partial charge in [0.25, 0.3) is 10.0 Å². The smallest absolute Gasteiger partial charge is 0.325 e. The van der Waals surface area contributed by atoms with Crippen molar-refractivity contribution in [1.29, 1.82) is 0 Å². The molecule has 1 aromatic heterocycles. The maximum atomic E-state index is 13.6. The van der Waals surface area contributed by atoms with Crippen molar-refractivity contribution in [2.75, 3.05) is 11.9 Å². The van der Waals surface area contributed by atoms with Crippen LogP contribution in [0.15, 0.2) is 89.8 Å². The molecule has 9 heteroatoms. The molecule has 0 spiro atoms. The van der Waals surface area contributed by atoms with Gasteiger partial charge in [0, 0.05) is 26.7 Å². The third-order valence-corrected chi connectivity index (χ3v) is 7.80. The summed E-state index contributed by atoms with van der Waals surface area (Å²) in [6.07, 6.45) is 0.788. The van der Waals surface area contributed by atoms with Crippen LogP contribution in [0.1, 0.15) is 26.1 Å². The number of hydrogen-bond acceptors (Lipinski definition) is 5. The van der Waals surface area contributed by atoms with Crippen LogP contribution in [-0.2, 0) is 21.2 Å². The van der Waals surface area contributed by atoms with E-state index in [-0.39, 0.29) is 20.1 Å². The van der Waals surface area contributed by atoms with Crippen LogP contribution in [-0.4, -0.2) is 38.4 Å². The van der Waals surface area contributed by atoms with Gasteiger partial charge in [0.1, 0.15) is 6.04 Å². The van der Waals surface area contributed by atoms with Crippen LogP contribution in [0.4, 0.5) is 10.5 Å². The second-order valence-electron chi connectivity index (χ2n) is 9.15. The Balaban J connectivity index is 0.00000280. The average molecular weight is 535 g/mol. The predicted octanol–water partition coefficient (Wildman–Crippen LogP) is 5.00. The van der Waals surface area contributed by atoms with Crippen molar-refractivity contribution in [3.05, 3.63) is 102 Å². The average Bonchev–Trinajstić information content (AvgIpc) is 2.90. The van der Waals surface area contributed by atoms with Gasteiger partial charge < -0.3 is 10.2 Å². The van der Waals surface area contributed by atoms with E-state index in [1.165, 1.54) is 11.0 Å². The molecule has 3 amide bonds. The Kier molecular flexibility index (Phi) is 8.07. The Bertz CT molecular complexity index is 1580. The van der Waals surface area contributed by atoms with Gasteiger partial charge in [-0.1, -0.05) is 54.6 Å². The van der Waals surface area contributed by atoms with Gasteiger partial charge >= 0.3 is 6.03 Å². The number of pyridine rings is 1. The molecule has 3 aromatic carbocycles. The highest BCUT2D eigenvalue weighted by Crippen LogP contribution is 2.22.